The number of amides is 1. The normalized spacial score (nSPS) is 20.1. The summed E-state index contributed by atoms with van der Waals surface area (Å²) in [6.45, 7) is 0.784. The van der Waals surface area contributed by atoms with Crippen molar-refractivity contribution < 1.29 is 4.79 Å². The SMILES string of the molecule is CNc1cncc(NC2CCCNC2=O)c1. The van der Waals surface area contributed by atoms with Crippen LogP contribution in [0.4, 0.5) is 11.4 Å². The number of aromatic nitrogens is 1. The molecule has 1 aliphatic rings. The number of carbonyl (C=O) groups excluding carboxylic acids is 1. The van der Waals surface area contributed by atoms with Crippen molar-refractivity contribution in [2.24, 2.45) is 0 Å². The number of pyridine rings is 1. The summed E-state index contributed by atoms with van der Waals surface area (Å²) in [6.07, 6.45) is 5.35. The number of nitrogens with one attached hydrogen (secondary N) is 3. The maximum Gasteiger partial charge on any atom is 0.242 e. The Morgan fingerprint density at radius 2 is 2.25 bits per heavy atom. The van der Waals surface area contributed by atoms with Gasteiger partial charge in [-0.1, -0.05) is 0 Å². The molecule has 86 valence electrons. The molecule has 1 aromatic heterocycles. The Morgan fingerprint density at radius 1 is 1.44 bits per heavy atom. The van der Waals surface area contributed by atoms with Crippen molar-refractivity contribution in [3.63, 3.8) is 0 Å². The van der Waals surface area contributed by atoms with Crippen molar-refractivity contribution in [3.05, 3.63) is 18.5 Å². The molecule has 0 spiro atoms. The average molecular weight is 220 g/mol. The van der Waals surface area contributed by atoms with Gasteiger partial charge in [-0.2, -0.15) is 0 Å². The smallest absolute Gasteiger partial charge is 0.242 e. The summed E-state index contributed by atoms with van der Waals surface area (Å²) in [7, 11) is 1.84. The molecule has 5 nitrogen and oxygen atoms in total. The Kier molecular flexibility index (Phi) is 3.24. The summed E-state index contributed by atoms with van der Waals surface area (Å²) in [4.78, 5) is 15.6. The number of carbonyl (C=O) groups is 1. The first-order valence-corrected chi connectivity index (χ1v) is 5.46. The second kappa shape index (κ2) is 4.83. The van der Waals surface area contributed by atoms with Crippen LogP contribution in [0.1, 0.15) is 12.8 Å². The fourth-order valence-electron chi connectivity index (χ4n) is 1.77. The molecule has 0 aromatic carbocycles. The van der Waals surface area contributed by atoms with Gasteiger partial charge in [0.2, 0.25) is 5.91 Å². The minimum Gasteiger partial charge on any atom is -0.387 e. The third-order valence-electron chi connectivity index (χ3n) is 2.65. The van der Waals surface area contributed by atoms with Crippen LogP contribution in [-0.4, -0.2) is 30.5 Å². The lowest BCUT2D eigenvalue weighted by molar-refractivity contribution is -0.123. The van der Waals surface area contributed by atoms with Crippen molar-refractivity contribution in [2.75, 3.05) is 24.2 Å². The average Bonchev–Trinajstić information content (AvgIpc) is 2.32. The molecule has 0 aliphatic carbocycles. The van der Waals surface area contributed by atoms with Gasteiger partial charge in [0, 0.05) is 13.6 Å². The Morgan fingerprint density at radius 3 is 3.00 bits per heavy atom. The van der Waals surface area contributed by atoms with E-state index < -0.39 is 0 Å². The van der Waals surface area contributed by atoms with E-state index in [9.17, 15) is 4.79 Å². The van der Waals surface area contributed by atoms with Gasteiger partial charge in [-0.05, 0) is 18.9 Å². The van der Waals surface area contributed by atoms with Gasteiger partial charge in [-0.25, -0.2) is 0 Å². The molecular weight excluding hydrogens is 204 g/mol. The molecule has 2 rings (SSSR count). The molecule has 1 saturated heterocycles. The highest BCUT2D eigenvalue weighted by atomic mass is 16.2. The standard InChI is InChI=1S/C11H16N4O/c1-12-8-5-9(7-13-6-8)15-10-3-2-4-14-11(10)16/h5-7,10,12,15H,2-4H2,1H3,(H,14,16). The maximum absolute atomic E-state index is 11.5. The third kappa shape index (κ3) is 2.42. The van der Waals surface area contributed by atoms with Crippen LogP contribution >= 0.6 is 0 Å². The van der Waals surface area contributed by atoms with Gasteiger partial charge in [-0.15, -0.1) is 0 Å². The molecule has 1 aromatic rings. The zero-order valence-electron chi connectivity index (χ0n) is 9.29. The summed E-state index contributed by atoms with van der Waals surface area (Å²) in [5.74, 6) is 0.0705. The van der Waals surface area contributed by atoms with E-state index in [1.807, 2.05) is 13.1 Å². The monoisotopic (exact) mass is 220 g/mol. The molecule has 16 heavy (non-hydrogen) atoms. The van der Waals surface area contributed by atoms with Gasteiger partial charge in [0.1, 0.15) is 6.04 Å². The highest BCUT2D eigenvalue weighted by Gasteiger charge is 2.21. The largest absolute Gasteiger partial charge is 0.387 e. The van der Waals surface area contributed by atoms with Gasteiger partial charge in [0.15, 0.2) is 0 Å². The van der Waals surface area contributed by atoms with Gasteiger partial charge in [0.05, 0.1) is 23.8 Å². The zero-order valence-corrected chi connectivity index (χ0v) is 9.29. The summed E-state index contributed by atoms with van der Waals surface area (Å²) in [5.41, 5.74) is 1.80. The number of hydrogen-bond donors (Lipinski definition) is 3. The Hall–Kier alpha value is -1.78. The lowest BCUT2D eigenvalue weighted by Gasteiger charge is -2.23. The van der Waals surface area contributed by atoms with Gasteiger partial charge in [0.25, 0.3) is 0 Å². The van der Waals surface area contributed by atoms with Crippen LogP contribution in [0.2, 0.25) is 0 Å². The number of anilines is 2. The zero-order chi connectivity index (χ0) is 11.4. The van der Waals surface area contributed by atoms with E-state index in [-0.39, 0.29) is 11.9 Å². The van der Waals surface area contributed by atoms with E-state index >= 15 is 0 Å². The van der Waals surface area contributed by atoms with E-state index in [2.05, 4.69) is 20.9 Å². The van der Waals surface area contributed by atoms with E-state index in [0.29, 0.717) is 0 Å². The summed E-state index contributed by atoms with van der Waals surface area (Å²) in [6, 6.07) is 1.80. The molecule has 2 heterocycles. The highest BCUT2D eigenvalue weighted by molar-refractivity contribution is 5.85. The van der Waals surface area contributed by atoms with E-state index in [1.165, 1.54) is 0 Å². The van der Waals surface area contributed by atoms with Crippen molar-refractivity contribution in [1.82, 2.24) is 10.3 Å². The molecule has 1 atom stereocenters. The summed E-state index contributed by atoms with van der Waals surface area (Å²) < 4.78 is 0. The van der Waals surface area contributed by atoms with Gasteiger partial charge < -0.3 is 16.0 Å². The maximum atomic E-state index is 11.5. The van der Waals surface area contributed by atoms with Gasteiger partial charge in [-0.3, -0.25) is 9.78 Å². The first-order chi connectivity index (χ1) is 7.79. The fourth-order valence-corrected chi connectivity index (χ4v) is 1.77. The summed E-state index contributed by atoms with van der Waals surface area (Å²) >= 11 is 0. The van der Waals surface area contributed by atoms with Crippen molar-refractivity contribution >= 4 is 17.3 Å². The van der Waals surface area contributed by atoms with Crippen molar-refractivity contribution in [3.8, 4) is 0 Å². The van der Waals surface area contributed by atoms with E-state index in [1.54, 1.807) is 12.4 Å². The third-order valence-corrected chi connectivity index (χ3v) is 2.65. The number of piperidine rings is 1. The van der Waals surface area contributed by atoms with Crippen molar-refractivity contribution in [2.45, 2.75) is 18.9 Å². The predicted octanol–water partition coefficient (Wildman–Crippen LogP) is 0.814. The van der Waals surface area contributed by atoms with Crippen LogP contribution in [0.5, 0.6) is 0 Å². The molecule has 1 aliphatic heterocycles. The topological polar surface area (TPSA) is 66.1 Å². The minimum absolute atomic E-state index is 0.0705. The number of hydrogen-bond acceptors (Lipinski definition) is 4. The molecule has 3 N–H and O–H groups in total. The lowest BCUT2D eigenvalue weighted by atomic mass is 10.1. The molecular formula is C11H16N4O. The molecule has 0 radical (unpaired) electrons. The molecule has 0 saturated carbocycles. The van der Waals surface area contributed by atoms with Crippen LogP contribution in [0, 0.1) is 0 Å². The predicted molar refractivity (Wildman–Crippen MR) is 63.4 cm³/mol. The lowest BCUT2D eigenvalue weighted by Crippen LogP contribution is -2.44. The van der Waals surface area contributed by atoms with Crippen LogP contribution in [0.25, 0.3) is 0 Å². The molecule has 1 amide bonds. The second-order valence-electron chi connectivity index (χ2n) is 3.84. The molecule has 1 unspecified atom stereocenters. The van der Waals surface area contributed by atoms with Crippen LogP contribution in [-0.2, 0) is 4.79 Å². The number of rotatable bonds is 3. The van der Waals surface area contributed by atoms with Crippen LogP contribution in [0.15, 0.2) is 18.5 Å². The minimum atomic E-state index is -0.136. The Balaban J connectivity index is 2.04. The number of nitrogens with zero attached hydrogens (tertiary/aromatic N) is 1. The quantitative estimate of drug-likeness (QED) is 0.705. The molecule has 1 fully saturated rings. The first-order valence-electron chi connectivity index (χ1n) is 5.46. The highest BCUT2D eigenvalue weighted by Crippen LogP contribution is 2.15. The Labute approximate surface area is 94.6 Å². The van der Waals surface area contributed by atoms with Crippen LogP contribution < -0.4 is 16.0 Å². The first kappa shape index (κ1) is 10.7. The molecule has 0 bridgehead atoms. The van der Waals surface area contributed by atoms with E-state index in [0.717, 1.165) is 30.8 Å². The van der Waals surface area contributed by atoms with Gasteiger partial charge >= 0.3 is 0 Å². The van der Waals surface area contributed by atoms with Crippen LogP contribution in [0.3, 0.4) is 0 Å². The van der Waals surface area contributed by atoms with Crippen molar-refractivity contribution in [1.29, 1.82) is 0 Å². The second-order valence-corrected chi connectivity index (χ2v) is 3.84. The van der Waals surface area contributed by atoms with E-state index in [4.69, 9.17) is 0 Å². The molecule has 5 heteroatoms. The fraction of sp³-hybridized carbons (Fsp3) is 0.455. The summed E-state index contributed by atoms with van der Waals surface area (Å²) in [5, 5.41) is 9.05. The Bertz CT molecular complexity index is 380.